The first-order chi connectivity index (χ1) is 13.1. The SMILES string of the molecule is CCCCc1ccc2nc(OCC(=O)O)cc(-c3cccc(C#N)c3)c2c1. The number of aromatic nitrogens is 1. The maximum Gasteiger partial charge on any atom is 0.341 e. The first-order valence-corrected chi connectivity index (χ1v) is 8.89. The number of aryl methyl sites for hydroxylation is 1. The van der Waals surface area contributed by atoms with Gasteiger partial charge >= 0.3 is 5.97 Å². The van der Waals surface area contributed by atoms with Crippen molar-refractivity contribution in [1.82, 2.24) is 4.98 Å². The van der Waals surface area contributed by atoms with Gasteiger partial charge in [-0.15, -0.1) is 0 Å². The summed E-state index contributed by atoms with van der Waals surface area (Å²) in [6.07, 6.45) is 3.22. The van der Waals surface area contributed by atoms with E-state index >= 15 is 0 Å². The van der Waals surface area contributed by atoms with E-state index in [0.29, 0.717) is 5.56 Å². The summed E-state index contributed by atoms with van der Waals surface area (Å²) in [6, 6.07) is 17.3. The zero-order valence-electron chi connectivity index (χ0n) is 15.1. The van der Waals surface area contributed by atoms with Crippen LogP contribution in [-0.2, 0) is 11.2 Å². The van der Waals surface area contributed by atoms with E-state index in [-0.39, 0.29) is 5.88 Å². The number of carboxylic acids is 1. The van der Waals surface area contributed by atoms with Gasteiger partial charge in [0.1, 0.15) is 0 Å². The molecule has 0 aliphatic rings. The fraction of sp³-hybridized carbons (Fsp3) is 0.227. The molecule has 5 heteroatoms. The highest BCUT2D eigenvalue weighted by Gasteiger charge is 2.11. The third-order valence-corrected chi connectivity index (χ3v) is 4.31. The molecule has 2 aromatic carbocycles. The van der Waals surface area contributed by atoms with Gasteiger partial charge in [0.15, 0.2) is 6.61 Å². The van der Waals surface area contributed by atoms with Gasteiger partial charge in [-0.1, -0.05) is 31.5 Å². The van der Waals surface area contributed by atoms with Crippen LogP contribution in [0.1, 0.15) is 30.9 Å². The number of carboxylic acid groups (broad SMARTS) is 1. The minimum absolute atomic E-state index is 0.253. The molecule has 0 saturated carbocycles. The summed E-state index contributed by atoms with van der Waals surface area (Å²) in [5.41, 5.74) is 4.26. The number of aliphatic carboxylic acids is 1. The highest BCUT2D eigenvalue weighted by molar-refractivity contribution is 5.95. The second-order valence-corrected chi connectivity index (χ2v) is 6.34. The molecule has 0 unspecified atom stereocenters. The fourth-order valence-electron chi connectivity index (χ4n) is 2.99. The zero-order chi connectivity index (χ0) is 19.2. The maximum atomic E-state index is 10.8. The molecule has 1 heterocycles. The molecule has 1 aromatic heterocycles. The average Bonchev–Trinajstić information content (AvgIpc) is 2.70. The van der Waals surface area contributed by atoms with Gasteiger partial charge < -0.3 is 9.84 Å². The van der Waals surface area contributed by atoms with Crippen molar-refractivity contribution in [3.63, 3.8) is 0 Å². The van der Waals surface area contributed by atoms with Crippen LogP contribution >= 0.6 is 0 Å². The van der Waals surface area contributed by atoms with Crippen molar-refractivity contribution in [2.24, 2.45) is 0 Å². The number of hydrogen-bond donors (Lipinski definition) is 1. The van der Waals surface area contributed by atoms with Crippen molar-refractivity contribution in [2.45, 2.75) is 26.2 Å². The largest absolute Gasteiger partial charge is 0.479 e. The number of nitrogens with zero attached hydrogens (tertiary/aromatic N) is 2. The first kappa shape index (κ1) is 18.4. The van der Waals surface area contributed by atoms with Crippen molar-refractivity contribution in [3.8, 4) is 23.1 Å². The van der Waals surface area contributed by atoms with E-state index in [1.807, 2.05) is 30.3 Å². The Labute approximate surface area is 157 Å². The van der Waals surface area contributed by atoms with Gasteiger partial charge in [0.2, 0.25) is 5.88 Å². The lowest BCUT2D eigenvalue weighted by atomic mass is 9.97. The zero-order valence-corrected chi connectivity index (χ0v) is 15.1. The second kappa shape index (κ2) is 8.33. The molecule has 136 valence electrons. The van der Waals surface area contributed by atoms with E-state index < -0.39 is 12.6 Å². The number of hydrogen-bond acceptors (Lipinski definition) is 4. The molecule has 0 fully saturated rings. The van der Waals surface area contributed by atoms with Crippen molar-refractivity contribution >= 4 is 16.9 Å². The smallest absolute Gasteiger partial charge is 0.341 e. The Kier molecular flexibility index (Phi) is 5.68. The van der Waals surface area contributed by atoms with Crippen LogP contribution in [0.15, 0.2) is 48.5 Å². The van der Waals surface area contributed by atoms with Crippen LogP contribution in [-0.4, -0.2) is 22.7 Å². The topological polar surface area (TPSA) is 83.2 Å². The number of fused-ring (bicyclic) bond motifs is 1. The number of ether oxygens (including phenoxy) is 1. The third kappa shape index (κ3) is 4.42. The van der Waals surface area contributed by atoms with Crippen LogP contribution in [0.5, 0.6) is 5.88 Å². The second-order valence-electron chi connectivity index (χ2n) is 6.34. The van der Waals surface area contributed by atoms with Crippen molar-refractivity contribution in [1.29, 1.82) is 5.26 Å². The highest BCUT2D eigenvalue weighted by atomic mass is 16.5. The normalized spacial score (nSPS) is 10.5. The number of nitriles is 1. The Bertz CT molecular complexity index is 1020. The van der Waals surface area contributed by atoms with E-state index in [9.17, 15) is 10.1 Å². The summed E-state index contributed by atoms with van der Waals surface area (Å²) in [6.45, 7) is 1.71. The van der Waals surface area contributed by atoms with Gasteiger partial charge in [0.05, 0.1) is 17.1 Å². The Morgan fingerprint density at radius 2 is 2.07 bits per heavy atom. The fourth-order valence-corrected chi connectivity index (χ4v) is 2.99. The standard InChI is InChI=1S/C22H20N2O3/c1-2-3-5-15-8-9-20-19(11-15)18(12-21(24-20)27-14-22(25)26)17-7-4-6-16(10-17)13-23/h4,6-12H,2-3,5,14H2,1H3,(H,25,26). The molecule has 0 spiro atoms. The van der Waals surface area contributed by atoms with Gasteiger partial charge in [0, 0.05) is 11.5 Å². The molecular weight excluding hydrogens is 340 g/mol. The van der Waals surface area contributed by atoms with Gasteiger partial charge in [-0.25, -0.2) is 9.78 Å². The summed E-state index contributed by atoms with van der Waals surface area (Å²) in [4.78, 5) is 15.3. The van der Waals surface area contributed by atoms with Crippen LogP contribution in [0.25, 0.3) is 22.0 Å². The lowest BCUT2D eigenvalue weighted by Crippen LogP contribution is -2.10. The van der Waals surface area contributed by atoms with Crippen LogP contribution in [0, 0.1) is 11.3 Å². The number of pyridine rings is 1. The molecule has 3 rings (SSSR count). The first-order valence-electron chi connectivity index (χ1n) is 8.89. The quantitative estimate of drug-likeness (QED) is 0.667. The molecule has 0 saturated heterocycles. The van der Waals surface area contributed by atoms with E-state index in [0.717, 1.165) is 41.3 Å². The molecule has 27 heavy (non-hydrogen) atoms. The predicted octanol–water partition coefficient (Wildman–Crippen LogP) is 4.58. The van der Waals surface area contributed by atoms with Crippen LogP contribution in [0.2, 0.25) is 0 Å². The minimum Gasteiger partial charge on any atom is -0.479 e. The molecule has 1 N–H and O–H groups in total. The highest BCUT2D eigenvalue weighted by Crippen LogP contribution is 2.32. The van der Waals surface area contributed by atoms with E-state index in [1.54, 1.807) is 12.1 Å². The summed E-state index contributed by atoms with van der Waals surface area (Å²) >= 11 is 0. The molecule has 0 aliphatic carbocycles. The Hall–Kier alpha value is -3.39. The molecule has 0 amide bonds. The van der Waals surface area contributed by atoms with Gasteiger partial charge in [-0.2, -0.15) is 5.26 Å². The Balaban J connectivity index is 2.15. The molecule has 0 radical (unpaired) electrons. The average molecular weight is 360 g/mol. The monoisotopic (exact) mass is 360 g/mol. The van der Waals surface area contributed by atoms with Gasteiger partial charge in [0.25, 0.3) is 0 Å². The van der Waals surface area contributed by atoms with Crippen molar-refractivity contribution < 1.29 is 14.6 Å². The van der Waals surface area contributed by atoms with E-state index in [1.165, 1.54) is 5.56 Å². The van der Waals surface area contributed by atoms with Gasteiger partial charge in [-0.05, 0) is 53.8 Å². The summed E-state index contributed by atoms with van der Waals surface area (Å²) in [5.74, 6) is -0.802. The van der Waals surface area contributed by atoms with Crippen molar-refractivity contribution in [3.05, 3.63) is 59.7 Å². The van der Waals surface area contributed by atoms with Crippen LogP contribution in [0.4, 0.5) is 0 Å². The number of rotatable bonds is 7. The molecular formula is C22H20N2O3. The maximum absolute atomic E-state index is 10.8. The molecule has 3 aromatic rings. The Morgan fingerprint density at radius 3 is 2.81 bits per heavy atom. The summed E-state index contributed by atoms with van der Waals surface area (Å²) < 4.78 is 5.31. The lowest BCUT2D eigenvalue weighted by molar-refractivity contribution is -0.139. The predicted molar refractivity (Wildman–Crippen MR) is 104 cm³/mol. The minimum atomic E-state index is -1.06. The van der Waals surface area contributed by atoms with Crippen LogP contribution in [0.3, 0.4) is 0 Å². The van der Waals surface area contributed by atoms with Crippen molar-refractivity contribution in [2.75, 3.05) is 6.61 Å². The number of unbranched alkanes of at least 4 members (excludes halogenated alkanes) is 1. The molecule has 0 atom stereocenters. The van der Waals surface area contributed by atoms with Gasteiger partial charge in [-0.3, -0.25) is 0 Å². The molecule has 0 aliphatic heterocycles. The summed E-state index contributed by atoms with van der Waals surface area (Å²) in [5, 5.41) is 19.0. The molecule has 5 nitrogen and oxygen atoms in total. The lowest BCUT2D eigenvalue weighted by Gasteiger charge is -2.12. The Morgan fingerprint density at radius 1 is 1.22 bits per heavy atom. The summed E-state index contributed by atoms with van der Waals surface area (Å²) in [7, 11) is 0. The van der Waals surface area contributed by atoms with E-state index in [2.05, 4.69) is 24.0 Å². The van der Waals surface area contributed by atoms with E-state index in [4.69, 9.17) is 9.84 Å². The molecule has 0 bridgehead atoms. The van der Waals surface area contributed by atoms with Crippen LogP contribution < -0.4 is 4.74 Å². The third-order valence-electron chi connectivity index (χ3n) is 4.31. The number of carbonyl (C=O) groups is 1. The number of benzene rings is 2.